The number of rotatable bonds is 4. The van der Waals surface area contributed by atoms with Gasteiger partial charge in [-0.3, -0.25) is 4.79 Å². The van der Waals surface area contributed by atoms with Gasteiger partial charge in [-0.2, -0.15) is 0 Å². The summed E-state index contributed by atoms with van der Waals surface area (Å²) < 4.78 is 0. The van der Waals surface area contributed by atoms with Crippen LogP contribution in [-0.2, 0) is 0 Å². The van der Waals surface area contributed by atoms with E-state index in [1.165, 1.54) is 0 Å². The van der Waals surface area contributed by atoms with E-state index in [1.54, 1.807) is 23.1 Å². The van der Waals surface area contributed by atoms with Gasteiger partial charge in [0.05, 0.1) is 6.61 Å². The van der Waals surface area contributed by atoms with Crippen LogP contribution in [-0.4, -0.2) is 35.1 Å². The molecule has 1 aromatic carbocycles. The maximum Gasteiger partial charge on any atom is 0.254 e. The number of carbonyl (C=O) groups excluding carboxylic acids is 1. The molecule has 17 heavy (non-hydrogen) atoms. The first-order valence-electron chi connectivity index (χ1n) is 5.49. The first kappa shape index (κ1) is 12.7. The lowest BCUT2D eigenvalue weighted by molar-refractivity contribution is 0.0707. The van der Waals surface area contributed by atoms with Crippen LogP contribution in [0.1, 0.15) is 23.2 Å². The van der Waals surface area contributed by atoms with E-state index >= 15 is 0 Å². The monoisotopic (exact) mass is 273 g/mol. The van der Waals surface area contributed by atoms with Crippen LogP contribution in [0, 0.1) is 0 Å². The number of aliphatic hydroxyl groups is 1. The molecule has 1 amide bonds. The molecule has 1 aromatic rings. The highest BCUT2D eigenvalue weighted by atomic mass is 35.5. The van der Waals surface area contributed by atoms with Crippen LogP contribution in [0.25, 0.3) is 0 Å². The van der Waals surface area contributed by atoms with Gasteiger partial charge in [0.1, 0.15) is 0 Å². The Kier molecular flexibility index (Phi) is 3.92. The molecule has 0 radical (unpaired) electrons. The second-order valence-corrected chi connectivity index (χ2v) is 4.98. The smallest absolute Gasteiger partial charge is 0.254 e. The van der Waals surface area contributed by atoms with Crippen molar-refractivity contribution in [3.63, 3.8) is 0 Å². The molecule has 92 valence electrons. The zero-order valence-electron chi connectivity index (χ0n) is 9.20. The Morgan fingerprint density at radius 3 is 2.35 bits per heavy atom. The van der Waals surface area contributed by atoms with Gasteiger partial charge in [0.2, 0.25) is 0 Å². The lowest BCUT2D eigenvalue weighted by Crippen LogP contribution is -2.35. The van der Waals surface area contributed by atoms with Crippen LogP contribution in [0.5, 0.6) is 0 Å². The molecule has 0 heterocycles. The van der Waals surface area contributed by atoms with Crippen molar-refractivity contribution in [3.05, 3.63) is 33.8 Å². The van der Waals surface area contributed by atoms with E-state index in [2.05, 4.69) is 0 Å². The lowest BCUT2D eigenvalue weighted by atomic mass is 10.2. The largest absolute Gasteiger partial charge is 0.395 e. The van der Waals surface area contributed by atoms with Gasteiger partial charge in [0.25, 0.3) is 5.91 Å². The highest BCUT2D eigenvalue weighted by Gasteiger charge is 2.32. The summed E-state index contributed by atoms with van der Waals surface area (Å²) in [7, 11) is 0. The van der Waals surface area contributed by atoms with Crippen molar-refractivity contribution in [2.45, 2.75) is 18.9 Å². The predicted octanol–water partition coefficient (Wildman–Crippen LogP) is 2.59. The van der Waals surface area contributed by atoms with Gasteiger partial charge in [-0.15, -0.1) is 0 Å². The number of nitrogens with zero attached hydrogens (tertiary/aromatic N) is 1. The summed E-state index contributed by atoms with van der Waals surface area (Å²) in [5.41, 5.74) is 0.475. The summed E-state index contributed by atoms with van der Waals surface area (Å²) in [6.45, 7) is 0.324. The van der Waals surface area contributed by atoms with Gasteiger partial charge in [-0.1, -0.05) is 23.2 Å². The Labute approximate surface area is 110 Å². The maximum absolute atomic E-state index is 12.2. The summed E-state index contributed by atoms with van der Waals surface area (Å²) in [6, 6.07) is 5.05. The molecular weight excluding hydrogens is 261 g/mol. The van der Waals surface area contributed by atoms with E-state index in [-0.39, 0.29) is 18.6 Å². The topological polar surface area (TPSA) is 40.5 Å². The summed E-state index contributed by atoms with van der Waals surface area (Å²) in [5, 5.41) is 9.86. The number of amides is 1. The summed E-state index contributed by atoms with van der Waals surface area (Å²) >= 11 is 11.7. The third-order valence-corrected chi connectivity index (χ3v) is 3.14. The molecule has 1 aliphatic carbocycles. The van der Waals surface area contributed by atoms with Crippen LogP contribution in [0.2, 0.25) is 10.0 Å². The van der Waals surface area contributed by atoms with E-state index in [9.17, 15) is 4.79 Å². The van der Waals surface area contributed by atoms with E-state index in [0.717, 1.165) is 12.8 Å². The number of carbonyl (C=O) groups is 1. The molecule has 0 aromatic heterocycles. The molecule has 1 fully saturated rings. The fourth-order valence-corrected chi connectivity index (χ4v) is 2.31. The molecule has 0 bridgehead atoms. The van der Waals surface area contributed by atoms with Crippen LogP contribution >= 0.6 is 23.2 Å². The van der Waals surface area contributed by atoms with Crippen LogP contribution < -0.4 is 0 Å². The summed E-state index contributed by atoms with van der Waals surface area (Å²) in [6.07, 6.45) is 2.00. The third kappa shape index (κ3) is 3.12. The quantitative estimate of drug-likeness (QED) is 0.916. The zero-order chi connectivity index (χ0) is 12.4. The van der Waals surface area contributed by atoms with Gasteiger partial charge >= 0.3 is 0 Å². The maximum atomic E-state index is 12.2. The number of hydrogen-bond acceptors (Lipinski definition) is 2. The molecule has 1 N–H and O–H groups in total. The first-order chi connectivity index (χ1) is 8.11. The van der Waals surface area contributed by atoms with Gasteiger partial charge < -0.3 is 10.0 Å². The molecule has 3 nitrogen and oxygen atoms in total. The Morgan fingerprint density at radius 2 is 1.88 bits per heavy atom. The minimum atomic E-state index is -0.119. The fourth-order valence-electron chi connectivity index (χ4n) is 1.79. The van der Waals surface area contributed by atoms with Crippen molar-refractivity contribution in [2.24, 2.45) is 0 Å². The number of benzene rings is 1. The average molecular weight is 274 g/mol. The van der Waals surface area contributed by atoms with Crippen molar-refractivity contribution in [1.82, 2.24) is 4.90 Å². The fraction of sp³-hybridized carbons (Fsp3) is 0.417. The number of hydrogen-bond donors (Lipinski definition) is 1. The molecule has 0 atom stereocenters. The van der Waals surface area contributed by atoms with Crippen molar-refractivity contribution in [1.29, 1.82) is 0 Å². The molecule has 1 saturated carbocycles. The van der Waals surface area contributed by atoms with Gasteiger partial charge in [0, 0.05) is 28.2 Å². The van der Waals surface area contributed by atoms with E-state index in [4.69, 9.17) is 28.3 Å². The molecule has 1 aliphatic rings. The van der Waals surface area contributed by atoms with Crippen molar-refractivity contribution < 1.29 is 9.90 Å². The molecule has 0 aliphatic heterocycles. The Hall–Kier alpha value is -0.770. The standard InChI is InChI=1S/C12H13Cl2NO2/c13-9-5-8(6-10(14)7-9)12(17)15(3-4-16)11-1-2-11/h5-7,11,16H,1-4H2. The minimum absolute atomic E-state index is 0.0312. The van der Waals surface area contributed by atoms with Crippen LogP contribution in [0.4, 0.5) is 0 Å². The highest BCUT2D eigenvalue weighted by molar-refractivity contribution is 6.35. The first-order valence-corrected chi connectivity index (χ1v) is 6.25. The molecule has 0 saturated heterocycles. The highest BCUT2D eigenvalue weighted by Crippen LogP contribution is 2.29. The molecule has 0 unspecified atom stereocenters. The average Bonchev–Trinajstić information content (AvgIpc) is 3.07. The van der Waals surface area contributed by atoms with Gasteiger partial charge in [-0.05, 0) is 31.0 Å². The number of aliphatic hydroxyl groups excluding tert-OH is 1. The van der Waals surface area contributed by atoms with Crippen molar-refractivity contribution in [2.75, 3.05) is 13.2 Å². The molecular formula is C12H13Cl2NO2. The Morgan fingerprint density at radius 1 is 1.29 bits per heavy atom. The number of halogens is 2. The second-order valence-electron chi connectivity index (χ2n) is 4.11. The zero-order valence-corrected chi connectivity index (χ0v) is 10.7. The summed E-state index contributed by atoms with van der Waals surface area (Å²) in [4.78, 5) is 13.9. The Balaban J connectivity index is 2.21. The van der Waals surface area contributed by atoms with Gasteiger partial charge in [0.15, 0.2) is 0 Å². The van der Waals surface area contributed by atoms with Crippen LogP contribution in [0.15, 0.2) is 18.2 Å². The van der Waals surface area contributed by atoms with E-state index < -0.39 is 0 Å². The lowest BCUT2D eigenvalue weighted by Gasteiger charge is -2.21. The molecule has 2 rings (SSSR count). The van der Waals surface area contributed by atoms with Crippen LogP contribution in [0.3, 0.4) is 0 Å². The predicted molar refractivity (Wildman–Crippen MR) is 67.6 cm³/mol. The minimum Gasteiger partial charge on any atom is -0.395 e. The third-order valence-electron chi connectivity index (χ3n) is 2.70. The SMILES string of the molecule is O=C(c1cc(Cl)cc(Cl)c1)N(CCO)C1CC1. The molecule has 0 spiro atoms. The normalized spacial score (nSPS) is 14.8. The van der Waals surface area contributed by atoms with E-state index in [1.807, 2.05) is 0 Å². The summed E-state index contributed by atoms with van der Waals surface area (Å²) in [5.74, 6) is -0.119. The van der Waals surface area contributed by atoms with Crippen molar-refractivity contribution in [3.8, 4) is 0 Å². The Bertz CT molecular complexity index is 412. The van der Waals surface area contributed by atoms with Gasteiger partial charge in [-0.25, -0.2) is 0 Å². The van der Waals surface area contributed by atoms with Crippen molar-refractivity contribution >= 4 is 29.1 Å². The molecule has 5 heteroatoms. The van der Waals surface area contributed by atoms with E-state index in [0.29, 0.717) is 22.2 Å². The second kappa shape index (κ2) is 5.25.